The average molecular weight is 410 g/mol. The van der Waals surface area contributed by atoms with Crippen molar-refractivity contribution in [2.45, 2.75) is 31.4 Å². The first-order valence-electron chi connectivity index (χ1n) is 8.43. The first-order valence-corrected chi connectivity index (χ1v) is 10.5. The molecule has 2 aromatic carbocycles. The Morgan fingerprint density at radius 1 is 1.26 bits per heavy atom. The molecular weight excluding hydrogens is 390 g/mol. The SMILES string of the molecule is Cc1cc(C(=O)O)cc2c1Oc1c(Cl)cc(NCC(C)C)cc1CS2(=O)=O. The topological polar surface area (TPSA) is 92.7 Å². The van der Waals surface area contributed by atoms with Gasteiger partial charge in [-0.05, 0) is 42.7 Å². The Bertz CT molecular complexity index is 1030. The summed E-state index contributed by atoms with van der Waals surface area (Å²) in [5.41, 5.74) is 1.45. The quantitative estimate of drug-likeness (QED) is 0.772. The van der Waals surface area contributed by atoms with Crippen LogP contribution in [0.3, 0.4) is 0 Å². The van der Waals surface area contributed by atoms with Crippen molar-refractivity contribution in [3.63, 3.8) is 0 Å². The van der Waals surface area contributed by atoms with Crippen molar-refractivity contribution < 1.29 is 23.1 Å². The summed E-state index contributed by atoms with van der Waals surface area (Å²) in [6.07, 6.45) is 0. The molecule has 1 heterocycles. The van der Waals surface area contributed by atoms with E-state index in [0.29, 0.717) is 34.3 Å². The van der Waals surface area contributed by atoms with E-state index in [4.69, 9.17) is 16.3 Å². The van der Waals surface area contributed by atoms with Crippen molar-refractivity contribution in [1.29, 1.82) is 0 Å². The molecule has 8 heteroatoms. The fourth-order valence-corrected chi connectivity index (χ4v) is 4.76. The van der Waals surface area contributed by atoms with Gasteiger partial charge in [0.05, 0.1) is 16.3 Å². The van der Waals surface area contributed by atoms with Gasteiger partial charge in [-0.1, -0.05) is 25.4 Å². The highest BCUT2D eigenvalue weighted by molar-refractivity contribution is 7.90. The van der Waals surface area contributed by atoms with Gasteiger partial charge in [0.15, 0.2) is 9.84 Å². The van der Waals surface area contributed by atoms with Crippen molar-refractivity contribution in [2.24, 2.45) is 5.92 Å². The normalized spacial score (nSPS) is 14.7. The molecular formula is C19H20ClNO5S. The van der Waals surface area contributed by atoms with E-state index in [2.05, 4.69) is 19.2 Å². The minimum absolute atomic E-state index is 0.102. The number of halogens is 1. The van der Waals surface area contributed by atoms with E-state index < -0.39 is 15.8 Å². The van der Waals surface area contributed by atoms with Gasteiger partial charge in [0.25, 0.3) is 0 Å². The molecule has 1 aliphatic heterocycles. The third kappa shape index (κ3) is 3.89. The zero-order valence-electron chi connectivity index (χ0n) is 15.2. The van der Waals surface area contributed by atoms with Crippen LogP contribution < -0.4 is 10.1 Å². The number of aryl methyl sites for hydroxylation is 1. The maximum atomic E-state index is 12.9. The first-order chi connectivity index (χ1) is 12.6. The fourth-order valence-electron chi connectivity index (χ4n) is 2.91. The molecule has 2 N–H and O–H groups in total. The lowest BCUT2D eigenvalue weighted by atomic mass is 10.1. The molecule has 0 aromatic heterocycles. The zero-order valence-corrected chi connectivity index (χ0v) is 16.7. The number of fused-ring (bicyclic) bond motifs is 2. The van der Waals surface area contributed by atoms with Gasteiger partial charge in [0.1, 0.15) is 16.4 Å². The predicted molar refractivity (Wildman–Crippen MR) is 104 cm³/mol. The molecule has 0 atom stereocenters. The summed E-state index contributed by atoms with van der Waals surface area (Å²) in [7, 11) is -3.81. The second-order valence-corrected chi connectivity index (χ2v) is 9.37. The maximum absolute atomic E-state index is 12.9. The van der Waals surface area contributed by atoms with Gasteiger partial charge < -0.3 is 15.2 Å². The van der Waals surface area contributed by atoms with Gasteiger partial charge in [0, 0.05) is 17.8 Å². The first kappa shape index (κ1) is 19.5. The molecule has 0 saturated heterocycles. The number of carboxylic acid groups (broad SMARTS) is 1. The largest absolute Gasteiger partial charge is 0.478 e. The Labute approximate surface area is 163 Å². The average Bonchev–Trinajstić information content (AvgIpc) is 2.67. The number of nitrogens with one attached hydrogen (secondary N) is 1. The van der Waals surface area contributed by atoms with Crippen LogP contribution >= 0.6 is 11.6 Å². The summed E-state index contributed by atoms with van der Waals surface area (Å²) >= 11 is 6.37. The molecule has 0 radical (unpaired) electrons. The second kappa shape index (κ2) is 7.05. The number of ether oxygens (including phenoxy) is 1. The number of benzene rings is 2. The summed E-state index contributed by atoms with van der Waals surface area (Å²) in [5, 5.41) is 12.8. The van der Waals surface area contributed by atoms with Gasteiger partial charge in [-0.25, -0.2) is 13.2 Å². The molecule has 144 valence electrons. The highest BCUT2D eigenvalue weighted by Crippen LogP contribution is 2.44. The van der Waals surface area contributed by atoms with E-state index in [1.807, 2.05) is 0 Å². The second-order valence-electron chi connectivity index (χ2n) is 7.01. The lowest BCUT2D eigenvalue weighted by molar-refractivity contribution is 0.0696. The molecule has 1 aliphatic rings. The van der Waals surface area contributed by atoms with Crippen LogP contribution in [0.5, 0.6) is 11.5 Å². The fraction of sp³-hybridized carbons (Fsp3) is 0.316. The number of aromatic carboxylic acids is 1. The predicted octanol–water partition coefficient (Wildman–Crippen LogP) is 4.49. The van der Waals surface area contributed by atoms with E-state index in [-0.39, 0.29) is 27.7 Å². The summed E-state index contributed by atoms with van der Waals surface area (Å²) in [5.74, 6) is -0.724. The summed E-state index contributed by atoms with van der Waals surface area (Å²) in [6, 6.07) is 5.92. The van der Waals surface area contributed by atoms with Crippen LogP contribution in [0, 0.1) is 12.8 Å². The Balaban J connectivity index is 2.14. The van der Waals surface area contributed by atoms with E-state index in [0.717, 1.165) is 6.07 Å². The minimum atomic E-state index is -3.81. The van der Waals surface area contributed by atoms with Gasteiger partial charge in [0.2, 0.25) is 0 Å². The lowest BCUT2D eigenvalue weighted by Gasteiger charge is -2.15. The molecule has 27 heavy (non-hydrogen) atoms. The van der Waals surface area contributed by atoms with Crippen molar-refractivity contribution in [1.82, 2.24) is 0 Å². The van der Waals surface area contributed by atoms with Gasteiger partial charge in [-0.3, -0.25) is 0 Å². The summed E-state index contributed by atoms with van der Waals surface area (Å²) in [4.78, 5) is 11.2. The highest BCUT2D eigenvalue weighted by atomic mass is 35.5. The van der Waals surface area contributed by atoms with Crippen LogP contribution in [-0.2, 0) is 15.6 Å². The summed E-state index contributed by atoms with van der Waals surface area (Å²) < 4.78 is 31.8. The number of carboxylic acids is 1. The molecule has 0 bridgehead atoms. The molecule has 0 saturated carbocycles. The van der Waals surface area contributed by atoms with Crippen molar-refractivity contribution in [3.8, 4) is 11.5 Å². The van der Waals surface area contributed by atoms with Crippen molar-refractivity contribution in [2.75, 3.05) is 11.9 Å². The number of sulfone groups is 1. The molecule has 0 spiro atoms. The lowest BCUT2D eigenvalue weighted by Crippen LogP contribution is -2.09. The van der Waals surface area contributed by atoms with Crippen LogP contribution in [0.25, 0.3) is 0 Å². The van der Waals surface area contributed by atoms with Crippen molar-refractivity contribution >= 4 is 33.1 Å². The number of hydrogen-bond donors (Lipinski definition) is 2. The molecule has 6 nitrogen and oxygen atoms in total. The van der Waals surface area contributed by atoms with Crippen LogP contribution in [0.4, 0.5) is 5.69 Å². The molecule has 0 unspecified atom stereocenters. The van der Waals surface area contributed by atoms with E-state index in [1.165, 1.54) is 6.07 Å². The molecule has 3 rings (SSSR count). The van der Waals surface area contributed by atoms with Crippen LogP contribution in [0.2, 0.25) is 5.02 Å². The number of carbonyl (C=O) groups is 1. The van der Waals surface area contributed by atoms with Crippen LogP contribution in [-0.4, -0.2) is 26.0 Å². The van der Waals surface area contributed by atoms with Gasteiger partial charge in [-0.15, -0.1) is 0 Å². The smallest absolute Gasteiger partial charge is 0.335 e. The molecule has 0 fully saturated rings. The summed E-state index contributed by atoms with van der Waals surface area (Å²) in [6.45, 7) is 6.44. The molecule has 2 aromatic rings. The van der Waals surface area contributed by atoms with E-state index in [1.54, 1.807) is 19.1 Å². The van der Waals surface area contributed by atoms with E-state index >= 15 is 0 Å². The monoisotopic (exact) mass is 409 g/mol. The number of rotatable bonds is 4. The minimum Gasteiger partial charge on any atom is -0.478 e. The van der Waals surface area contributed by atoms with E-state index in [9.17, 15) is 18.3 Å². The molecule has 0 aliphatic carbocycles. The number of anilines is 1. The van der Waals surface area contributed by atoms with Gasteiger partial charge >= 0.3 is 5.97 Å². The number of hydrogen-bond acceptors (Lipinski definition) is 5. The zero-order chi connectivity index (χ0) is 19.9. The Morgan fingerprint density at radius 2 is 1.96 bits per heavy atom. The Morgan fingerprint density at radius 3 is 2.59 bits per heavy atom. The third-order valence-electron chi connectivity index (χ3n) is 4.21. The van der Waals surface area contributed by atoms with Crippen LogP contribution in [0.1, 0.15) is 35.3 Å². The van der Waals surface area contributed by atoms with Gasteiger partial charge in [-0.2, -0.15) is 0 Å². The third-order valence-corrected chi connectivity index (χ3v) is 6.15. The van der Waals surface area contributed by atoms with Crippen molar-refractivity contribution in [3.05, 3.63) is 46.0 Å². The van der Waals surface area contributed by atoms with Crippen LogP contribution in [0.15, 0.2) is 29.2 Å². The standard InChI is InChI=1S/C19H20ClNO5S/c1-10(2)8-21-14-5-13-9-27(24,25)16-6-12(19(22)23)4-11(3)17(16)26-18(13)15(20)7-14/h4-7,10,21H,8-9H2,1-3H3,(H,22,23). The highest BCUT2D eigenvalue weighted by Gasteiger charge is 2.31. The Hall–Kier alpha value is -2.25. The molecule has 0 amide bonds. The Kier molecular flexibility index (Phi) is 5.10. The maximum Gasteiger partial charge on any atom is 0.335 e.